The third kappa shape index (κ3) is 9.31. The van der Waals surface area contributed by atoms with Crippen molar-refractivity contribution in [3.8, 4) is 0 Å². The highest BCUT2D eigenvalue weighted by atomic mass is 14.6. The first-order valence-corrected chi connectivity index (χ1v) is 12.7. The molecule has 0 saturated heterocycles. The first-order valence-electron chi connectivity index (χ1n) is 12.7. The molecule has 0 unspecified atom stereocenters. The summed E-state index contributed by atoms with van der Waals surface area (Å²) in [5.74, 6) is 2.89. The lowest BCUT2D eigenvalue weighted by Crippen LogP contribution is -2.35. The molecule has 0 heterocycles. The number of nitrogens with two attached hydrogens (primary N) is 2. The van der Waals surface area contributed by atoms with Gasteiger partial charge in [0.15, 0.2) is 0 Å². The van der Waals surface area contributed by atoms with E-state index in [4.69, 9.17) is 11.5 Å². The van der Waals surface area contributed by atoms with Crippen LogP contribution in [0.5, 0.6) is 0 Å². The quantitative estimate of drug-likeness (QED) is 0.341. The molecule has 0 aromatic heterocycles. The Morgan fingerprint density at radius 1 is 0.556 bits per heavy atom. The van der Waals surface area contributed by atoms with Gasteiger partial charge >= 0.3 is 0 Å². The van der Waals surface area contributed by atoms with Gasteiger partial charge in [0.25, 0.3) is 0 Å². The smallest absolute Gasteiger partial charge is 0.00390 e. The standard InChI is InChI=1S/C25H50N2/c1-2-3-4-5-6-7-8-9-10-11-12-25(21-13-17-23(26)18-14-21)22-15-19-24(27)20-16-22/h21-25H,2-20,26-27H2,1H3. The summed E-state index contributed by atoms with van der Waals surface area (Å²) in [6.45, 7) is 2.30. The lowest BCUT2D eigenvalue weighted by atomic mass is 9.67. The molecule has 160 valence electrons. The van der Waals surface area contributed by atoms with Crippen molar-refractivity contribution in [2.24, 2.45) is 29.2 Å². The van der Waals surface area contributed by atoms with Crippen molar-refractivity contribution in [1.29, 1.82) is 0 Å². The van der Waals surface area contributed by atoms with Crippen LogP contribution in [-0.2, 0) is 0 Å². The molecule has 27 heavy (non-hydrogen) atoms. The molecule has 0 aromatic carbocycles. The Balaban J connectivity index is 1.63. The normalized spacial score (nSPS) is 30.3. The minimum Gasteiger partial charge on any atom is -0.328 e. The van der Waals surface area contributed by atoms with Gasteiger partial charge in [-0.1, -0.05) is 71.1 Å². The molecule has 0 radical (unpaired) electrons. The van der Waals surface area contributed by atoms with Crippen LogP contribution in [0.25, 0.3) is 0 Å². The molecule has 0 bridgehead atoms. The van der Waals surface area contributed by atoms with Crippen LogP contribution in [0.3, 0.4) is 0 Å². The van der Waals surface area contributed by atoms with Crippen LogP contribution in [0.1, 0.15) is 129 Å². The molecule has 2 heteroatoms. The first kappa shape index (κ1) is 23.2. The van der Waals surface area contributed by atoms with Crippen LogP contribution in [0.2, 0.25) is 0 Å². The predicted octanol–water partition coefficient (Wildman–Crippen LogP) is 6.95. The van der Waals surface area contributed by atoms with Crippen LogP contribution in [0.4, 0.5) is 0 Å². The van der Waals surface area contributed by atoms with Crippen molar-refractivity contribution in [2.45, 2.75) is 141 Å². The van der Waals surface area contributed by atoms with E-state index in [1.54, 1.807) is 0 Å². The van der Waals surface area contributed by atoms with E-state index in [2.05, 4.69) is 6.92 Å². The van der Waals surface area contributed by atoms with Crippen LogP contribution in [-0.4, -0.2) is 12.1 Å². The Hall–Kier alpha value is -0.0800. The van der Waals surface area contributed by atoms with Gasteiger partial charge in [0, 0.05) is 12.1 Å². The molecule has 2 aliphatic rings. The molecule has 2 nitrogen and oxygen atoms in total. The van der Waals surface area contributed by atoms with Crippen molar-refractivity contribution in [3.63, 3.8) is 0 Å². The van der Waals surface area contributed by atoms with Crippen LogP contribution in [0, 0.1) is 17.8 Å². The molecule has 2 aliphatic carbocycles. The topological polar surface area (TPSA) is 52.0 Å². The van der Waals surface area contributed by atoms with E-state index < -0.39 is 0 Å². The van der Waals surface area contributed by atoms with Gasteiger partial charge in [0.1, 0.15) is 0 Å². The number of hydrogen-bond acceptors (Lipinski definition) is 2. The van der Waals surface area contributed by atoms with Crippen molar-refractivity contribution in [2.75, 3.05) is 0 Å². The van der Waals surface area contributed by atoms with E-state index in [-0.39, 0.29) is 0 Å². The van der Waals surface area contributed by atoms with Crippen LogP contribution >= 0.6 is 0 Å². The largest absolute Gasteiger partial charge is 0.328 e. The van der Waals surface area contributed by atoms with E-state index in [1.807, 2.05) is 0 Å². The van der Waals surface area contributed by atoms with Gasteiger partial charge in [0.2, 0.25) is 0 Å². The monoisotopic (exact) mass is 378 g/mol. The Bertz CT molecular complexity index is 318. The number of unbranched alkanes of at least 4 members (excludes halogenated alkanes) is 9. The van der Waals surface area contributed by atoms with Gasteiger partial charge in [0.05, 0.1) is 0 Å². The highest BCUT2D eigenvalue weighted by molar-refractivity contribution is 4.86. The SMILES string of the molecule is CCCCCCCCCCCCC(C1CCC(N)CC1)C1CCC(N)CC1. The summed E-state index contributed by atoms with van der Waals surface area (Å²) in [4.78, 5) is 0. The zero-order chi connectivity index (χ0) is 19.3. The second-order valence-corrected chi connectivity index (χ2v) is 9.98. The van der Waals surface area contributed by atoms with Crippen molar-refractivity contribution >= 4 is 0 Å². The third-order valence-corrected chi connectivity index (χ3v) is 7.74. The lowest BCUT2D eigenvalue weighted by molar-refractivity contribution is 0.122. The predicted molar refractivity (Wildman–Crippen MR) is 120 cm³/mol. The molecule has 2 rings (SSSR count). The fraction of sp³-hybridized carbons (Fsp3) is 1.00. The molecule has 0 aliphatic heterocycles. The van der Waals surface area contributed by atoms with E-state index in [1.165, 1.54) is 122 Å². The summed E-state index contributed by atoms with van der Waals surface area (Å²) in [6.07, 6.45) is 26.6. The Kier molecular flexibility index (Phi) is 12.0. The number of hydrogen-bond donors (Lipinski definition) is 2. The molecule has 0 spiro atoms. The van der Waals surface area contributed by atoms with Crippen LogP contribution in [0.15, 0.2) is 0 Å². The molecule has 2 saturated carbocycles. The minimum atomic E-state index is 0.485. The molecule has 0 atom stereocenters. The Morgan fingerprint density at radius 3 is 1.33 bits per heavy atom. The van der Waals surface area contributed by atoms with Gasteiger partial charge in [-0.05, 0) is 75.5 Å². The van der Waals surface area contributed by atoms with Crippen molar-refractivity contribution in [1.82, 2.24) is 0 Å². The second kappa shape index (κ2) is 14.0. The van der Waals surface area contributed by atoms with Gasteiger partial charge < -0.3 is 11.5 Å². The third-order valence-electron chi connectivity index (χ3n) is 7.74. The van der Waals surface area contributed by atoms with E-state index >= 15 is 0 Å². The van der Waals surface area contributed by atoms with E-state index in [9.17, 15) is 0 Å². The fourth-order valence-corrected chi connectivity index (χ4v) is 5.87. The van der Waals surface area contributed by atoms with E-state index in [0.29, 0.717) is 12.1 Å². The van der Waals surface area contributed by atoms with Crippen molar-refractivity contribution < 1.29 is 0 Å². The average Bonchev–Trinajstić information content (AvgIpc) is 2.68. The molecule has 4 N–H and O–H groups in total. The maximum absolute atomic E-state index is 6.18. The number of rotatable bonds is 13. The maximum atomic E-state index is 6.18. The summed E-state index contributed by atoms with van der Waals surface area (Å²) in [6, 6.07) is 0.970. The highest BCUT2D eigenvalue weighted by Crippen LogP contribution is 2.42. The lowest BCUT2D eigenvalue weighted by Gasteiger charge is -2.40. The van der Waals surface area contributed by atoms with Crippen LogP contribution < -0.4 is 11.5 Å². The van der Waals surface area contributed by atoms with Gasteiger partial charge in [-0.15, -0.1) is 0 Å². The van der Waals surface area contributed by atoms with Gasteiger partial charge in [-0.25, -0.2) is 0 Å². The molecular formula is C25H50N2. The second-order valence-electron chi connectivity index (χ2n) is 9.98. The maximum Gasteiger partial charge on any atom is 0.00390 e. The summed E-state index contributed by atoms with van der Waals surface area (Å²) >= 11 is 0. The van der Waals surface area contributed by atoms with Gasteiger partial charge in [-0.3, -0.25) is 0 Å². The zero-order valence-electron chi connectivity index (χ0n) is 18.5. The first-order chi connectivity index (χ1) is 13.2. The summed E-state index contributed by atoms with van der Waals surface area (Å²) in [5.41, 5.74) is 12.4. The molecule has 2 fully saturated rings. The van der Waals surface area contributed by atoms with Gasteiger partial charge in [-0.2, -0.15) is 0 Å². The zero-order valence-corrected chi connectivity index (χ0v) is 18.5. The Labute approximate surface area is 170 Å². The minimum absolute atomic E-state index is 0.485. The van der Waals surface area contributed by atoms with Crippen molar-refractivity contribution in [3.05, 3.63) is 0 Å². The Morgan fingerprint density at radius 2 is 0.926 bits per heavy atom. The summed E-state index contributed by atoms with van der Waals surface area (Å²) in [5, 5.41) is 0. The average molecular weight is 379 g/mol. The summed E-state index contributed by atoms with van der Waals surface area (Å²) in [7, 11) is 0. The fourth-order valence-electron chi connectivity index (χ4n) is 5.87. The summed E-state index contributed by atoms with van der Waals surface area (Å²) < 4.78 is 0. The molecular weight excluding hydrogens is 328 g/mol. The van der Waals surface area contributed by atoms with E-state index in [0.717, 1.165) is 17.8 Å². The molecule has 0 aromatic rings. The molecule has 0 amide bonds. The highest BCUT2D eigenvalue weighted by Gasteiger charge is 2.33.